The third-order valence-corrected chi connectivity index (χ3v) is 3.45. The fourth-order valence-corrected chi connectivity index (χ4v) is 3.01. The van der Waals surface area contributed by atoms with E-state index in [1.54, 1.807) is 0 Å². The second-order valence-corrected chi connectivity index (χ2v) is 4.64. The average Bonchev–Trinajstić information content (AvgIpc) is 2.43. The van der Waals surface area contributed by atoms with Crippen LogP contribution in [0.15, 0.2) is 4.73 Å². The summed E-state index contributed by atoms with van der Waals surface area (Å²) in [6.45, 7) is 1.97. The minimum Gasteiger partial charge on any atom is -0.481 e. The van der Waals surface area contributed by atoms with E-state index in [9.17, 15) is 4.79 Å². The summed E-state index contributed by atoms with van der Waals surface area (Å²) in [5.74, 6) is -0.744. The molecule has 15 heavy (non-hydrogen) atoms. The molecule has 0 fully saturated rings. The molecule has 0 spiro atoms. The Morgan fingerprint density at radius 3 is 3.13 bits per heavy atom. The Hall–Kier alpha value is -0.840. The van der Waals surface area contributed by atoms with Crippen molar-refractivity contribution in [1.82, 2.24) is 9.55 Å². The lowest BCUT2D eigenvalue weighted by molar-refractivity contribution is -0.138. The molecular formula is C10H13BrN2O2. The first kappa shape index (κ1) is 10.7. The van der Waals surface area contributed by atoms with Crippen LogP contribution in [0.25, 0.3) is 0 Å². The molecule has 0 aliphatic carbocycles. The lowest BCUT2D eigenvalue weighted by Gasteiger charge is -2.25. The monoisotopic (exact) mass is 272 g/mol. The minimum absolute atomic E-state index is 0.0572. The van der Waals surface area contributed by atoms with E-state index in [4.69, 9.17) is 5.11 Å². The summed E-state index contributed by atoms with van der Waals surface area (Å²) >= 11 is 3.39. The molecule has 1 atom stereocenters. The standard InChI is InChI=1S/C10H13BrN2O2/c1-6-8-4-2-3-7(5-9(14)15)13(8)10(11)12-6/h7H,2-5H2,1H3,(H,14,15). The number of carboxylic acids is 1. The van der Waals surface area contributed by atoms with Gasteiger partial charge in [0.05, 0.1) is 12.1 Å². The van der Waals surface area contributed by atoms with E-state index in [2.05, 4.69) is 20.9 Å². The highest BCUT2D eigenvalue weighted by atomic mass is 79.9. The van der Waals surface area contributed by atoms with Crippen LogP contribution in [0.4, 0.5) is 0 Å². The number of carbonyl (C=O) groups is 1. The lowest BCUT2D eigenvalue weighted by atomic mass is 9.99. The van der Waals surface area contributed by atoms with Crippen molar-refractivity contribution in [2.45, 2.75) is 38.6 Å². The summed E-state index contributed by atoms with van der Waals surface area (Å²) < 4.78 is 2.80. The van der Waals surface area contributed by atoms with Gasteiger partial charge in [0, 0.05) is 11.7 Å². The maximum atomic E-state index is 10.7. The Balaban J connectivity index is 2.37. The van der Waals surface area contributed by atoms with Crippen LogP contribution in [-0.2, 0) is 11.2 Å². The van der Waals surface area contributed by atoms with Gasteiger partial charge in [-0.25, -0.2) is 4.98 Å². The van der Waals surface area contributed by atoms with Crippen molar-refractivity contribution in [3.05, 3.63) is 16.1 Å². The van der Waals surface area contributed by atoms with E-state index in [1.807, 2.05) is 11.5 Å². The first-order chi connectivity index (χ1) is 7.09. The van der Waals surface area contributed by atoms with Crippen LogP contribution in [0.1, 0.15) is 36.7 Å². The highest BCUT2D eigenvalue weighted by Crippen LogP contribution is 2.32. The van der Waals surface area contributed by atoms with E-state index in [0.29, 0.717) is 0 Å². The van der Waals surface area contributed by atoms with Crippen LogP contribution in [0.3, 0.4) is 0 Å². The van der Waals surface area contributed by atoms with Crippen LogP contribution in [0.2, 0.25) is 0 Å². The first-order valence-electron chi connectivity index (χ1n) is 5.04. The largest absolute Gasteiger partial charge is 0.481 e. The fraction of sp³-hybridized carbons (Fsp3) is 0.600. The topological polar surface area (TPSA) is 55.1 Å². The normalized spacial score (nSPS) is 20.0. The molecule has 1 unspecified atom stereocenters. The van der Waals surface area contributed by atoms with Crippen molar-refractivity contribution in [2.24, 2.45) is 0 Å². The molecule has 5 heteroatoms. The molecule has 0 amide bonds. The SMILES string of the molecule is Cc1nc(Br)n2c1CCCC2CC(=O)O. The quantitative estimate of drug-likeness (QED) is 0.899. The number of hydrogen-bond donors (Lipinski definition) is 1. The van der Waals surface area contributed by atoms with Gasteiger partial charge in [-0.1, -0.05) is 0 Å². The minimum atomic E-state index is -0.744. The predicted octanol–water partition coefficient (Wildman–Crippen LogP) is 2.31. The third kappa shape index (κ3) is 1.93. The summed E-state index contributed by atoms with van der Waals surface area (Å²) in [6.07, 6.45) is 3.16. The zero-order valence-corrected chi connectivity index (χ0v) is 10.1. The number of rotatable bonds is 2. The van der Waals surface area contributed by atoms with Gasteiger partial charge in [0.2, 0.25) is 0 Å². The first-order valence-corrected chi connectivity index (χ1v) is 5.84. The van der Waals surface area contributed by atoms with Gasteiger partial charge in [0.25, 0.3) is 0 Å². The number of aromatic nitrogens is 2. The van der Waals surface area contributed by atoms with Gasteiger partial charge in [0.15, 0.2) is 4.73 Å². The van der Waals surface area contributed by atoms with Gasteiger partial charge in [-0.2, -0.15) is 0 Å². The molecule has 1 aromatic rings. The molecular weight excluding hydrogens is 260 g/mol. The molecule has 82 valence electrons. The number of fused-ring (bicyclic) bond motifs is 1. The molecule has 1 aromatic heterocycles. The molecule has 0 saturated carbocycles. The Morgan fingerprint density at radius 2 is 2.47 bits per heavy atom. The van der Waals surface area contributed by atoms with Crippen molar-refractivity contribution >= 4 is 21.9 Å². The number of aliphatic carboxylic acids is 1. The fourth-order valence-electron chi connectivity index (χ4n) is 2.24. The van der Waals surface area contributed by atoms with Gasteiger partial charge in [-0.15, -0.1) is 0 Å². The number of imidazole rings is 1. The van der Waals surface area contributed by atoms with Crippen LogP contribution in [0.5, 0.6) is 0 Å². The molecule has 0 saturated heterocycles. The van der Waals surface area contributed by atoms with Gasteiger partial charge >= 0.3 is 5.97 Å². The summed E-state index contributed by atoms with van der Waals surface area (Å²) in [7, 11) is 0. The van der Waals surface area contributed by atoms with E-state index < -0.39 is 5.97 Å². The number of hydrogen-bond acceptors (Lipinski definition) is 2. The van der Waals surface area contributed by atoms with Crippen molar-refractivity contribution in [1.29, 1.82) is 0 Å². The van der Waals surface area contributed by atoms with Crippen molar-refractivity contribution in [3.63, 3.8) is 0 Å². The van der Waals surface area contributed by atoms with Crippen LogP contribution in [0, 0.1) is 6.92 Å². The summed E-state index contributed by atoms with van der Waals surface area (Å²) in [4.78, 5) is 15.1. The van der Waals surface area contributed by atoms with Gasteiger partial charge < -0.3 is 9.67 Å². The van der Waals surface area contributed by atoms with Crippen molar-refractivity contribution < 1.29 is 9.90 Å². The molecule has 1 aliphatic heterocycles. The predicted molar refractivity (Wildman–Crippen MR) is 58.9 cm³/mol. The number of aryl methyl sites for hydroxylation is 1. The summed E-state index contributed by atoms with van der Waals surface area (Å²) in [5, 5.41) is 8.84. The van der Waals surface area contributed by atoms with Crippen molar-refractivity contribution in [2.75, 3.05) is 0 Å². The molecule has 1 aliphatic rings. The maximum Gasteiger partial charge on any atom is 0.305 e. The summed E-state index contributed by atoms with van der Waals surface area (Å²) in [5.41, 5.74) is 2.19. The van der Waals surface area contributed by atoms with Gasteiger partial charge in [-0.05, 0) is 42.1 Å². The van der Waals surface area contributed by atoms with Gasteiger partial charge in [-0.3, -0.25) is 4.79 Å². The zero-order chi connectivity index (χ0) is 11.0. The molecule has 1 N–H and O–H groups in total. The molecule has 2 rings (SSSR count). The number of halogens is 1. The smallest absolute Gasteiger partial charge is 0.305 e. The molecule has 0 radical (unpaired) electrons. The van der Waals surface area contributed by atoms with E-state index in [-0.39, 0.29) is 12.5 Å². The van der Waals surface area contributed by atoms with Crippen LogP contribution in [-0.4, -0.2) is 20.6 Å². The van der Waals surface area contributed by atoms with Crippen molar-refractivity contribution in [3.8, 4) is 0 Å². The Labute approximate surface area is 96.4 Å². The molecule has 0 aromatic carbocycles. The second kappa shape index (κ2) is 3.96. The lowest BCUT2D eigenvalue weighted by Crippen LogP contribution is -2.20. The number of carboxylic acid groups (broad SMARTS) is 1. The average molecular weight is 273 g/mol. The summed E-state index contributed by atoms with van der Waals surface area (Å²) in [6, 6.07) is 0.0572. The third-order valence-electron chi connectivity index (χ3n) is 2.89. The van der Waals surface area contributed by atoms with Crippen LogP contribution < -0.4 is 0 Å². The highest BCUT2D eigenvalue weighted by molar-refractivity contribution is 9.10. The second-order valence-electron chi connectivity index (χ2n) is 3.93. The maximum absolute atomic E-state index is 10.7. The Bertz CT molecular complexity index is 400. The molecule has 0 bridgehead atoms. The number of nitrogens with zero attached hydrogens (tertiary/aromatic N) is 2. The Morgan fingerprint density at radius 1 is 1.73 bits per heavy atom. The zero-order valence-electron chi connectivity index (χ0n) is 8.53. The van der Waals surface area contributed by atoms with Crippen LogP contribution >= 0.6 is 15.9 Å². The van der Waals surface area contributed by atoms with E-state index in [1.165, 1.54) is 5.69 Å². The Kier molecular flexibility index (Phi) is 2.82. The van der Waals surface area contributed by atoms with E-state index in [0.717, 1.165) is 29.7 Å². The van der Waals surface area contributed by atoms with E-state index >= 15 is 0 Å². The molecule has 4 nitrogen and oxygen atoms in total. The highest BCUT2D eigenvalue weighted by Gasteiger charge is 2.26. The van der Waals surface area contributed by atoms with Gasteiger partial charge in [0.1, 0.15) is 0 Å². The molecule has 2 heterocycles.